The van der Waals surface area contributed by atoms with E-state index in [0.717, 1.165) is 19.0 Å². The Morgan fingerprint density at radius 1 is 1.33 bits per heavy atom. The highest BCUT2D eigenvalue weighted by atomic mass is 15.0. The van der Waals surface area contributed by atoms with Crippen molar-refractivity contribution in [3.63, 3.8) is 0 Å². The maximum Gasteiger partial charge on any atom is 0.0343 e. The Balaban J connectivity index is 1.91. The van der Waals surface area contributed by atoms with Gasteiger partial charge in [0, 0.05) is 18.8 Å². The Hall–Kier alpha value is -1.02. The van der Waals surface area contributed by atoms with Crippen molar-refractivity contribution in [2.45, 2.75) is 19.4 Å². The third kappa shape index (κ3) is 3.56. The number of hydrogen-bond donors (Lipinski definition) is 1. The molecule has 0 radical (unpaired) electrons. The molecule has 1 aliphatic carbocycles. The Kier molecular flexibility index (Phi) is 3.27. The van der Waals surface area contributed by atoms with Gasteiger partial charge in [-0.25, -0.2) is 0 Å². The predicted molar refractivity (Wildman–Crippen MR) is 65.0 cm³/mol. The topological polar surface area (TPSA) is 15.3 Å². The highest BCUT2D eigenvalue weighted by Gasteiger charge is 2.20. The van der Waals surface area contributed by atoms with Crippen LogP contribution in [0.4, 0.5) is 5.69 Å². The summed E-state index contributed by atoms with van der Waals surface area (Å²) < 4.78 is 0. The van der Waals surface area contributed by atoms with Gasteiger partial charge in [-0.2, -0.15) is 0 Å². The fourth-order valence-electron chi connectivity index (χ4n) is 1.73. The second kappa shape index (κ2) is 4.67. The largest absolute Gasteiger partial charge is 0.385 e. The van der Waals surface area contributed by atoms with Crippen molar-refractivity contribution in [2.75, 3.05) is 26.0 Å². The van der Waals surface area contributed by atoms with Crippen LogP contribution in [-0.2, 0) is 6.54 Å². The highest BCUT2D eigenvalue weighted by molar-refractivity contribution is 5.45. The normalized spacial score (nSPS) is 15.7. The van der Waals surface area contributed by atoms with Gasteiger partial charge < -0.3 is 10.2 Å². The second-order valence-corrected chi connectivity index (χ2v) is 4.76. The number of nitrogens with one attached hydrogen (secondary N) is 1. The lowest BCUT2D eigenvalue weighted by Crippen LogP contribution is -2.11. The second-order valence-electron chi connectivity index (χ2n) is 4.76. The molecular weight excluding hydrogens is 184 g/mol. The lowest BCUT2D eigenvalue weighted by atomic mass is 10.2. The fraction of sp³-hybridized carbons (Fsp3) is 0.538. The average molecular weight is 204 g/mol. The number of benzene rings is 1. The van der Waals surface area contributed by atoms with Crippen molar-refractivity contribution in [3.8, 4) is 0 Å². The molecule has 0 spiro atoms. The molecule has 15 heavy (non-hydrogen) atoms. The van der Waals surface area contributed by atoms with Gasteiger partial charge in [0.1, 0.15) is 0 Å². The molecule has 0 unspecified atom stereocenters. The average Bonchev–Trinajstić information content (AvgIpc) is 2.97. The van der Waals surface area contributed by atoms with Crippen LogP contribution < -0.4 is 5.32 Å². The van der Waals surface area contributed by atoms with Gasteiger partial charge in [-0.15, -0.1) is 0 Å². The van der Waals surface area contributed by atoms with Crippen molar-refractivity contribution < 1.29 is 0 Å². The summed E-state index contributed by atoms with van der Waals surface area (Å²) in [7, 11) is 4.20. The van der Waals surface area contributed by atoms with Crippen molar-refractivity contribution in [3.05, 3.63) is 29.8 Å². The molecule has 0 bridgehead atoms. The zero-order valence-electron chi connectivity index (χ0n) is 9.66. The van der Waals surface area contributed by atoms with E-state index in [9.17, 15) is 0 Å². The van der Waals surface area contributed by atoms with Crippen LogP contribution in [0.1, 0.15) is 18.4 Å². The van der Waals surface area contributed by atoms with E-state index in [1.165, 1.54) is 24.1 Å². The standard InChI is InChI=1S/C13H20N2/c1-15(2)10-12-4-3-5-13(8-12)14-9-11-6-7-11/h3-5,8,11,14H,6-7,9-10H2,1-2H3. The van der Waals surface area contributed by atoms with Gasteiger partial charge in [0.15, 0.2) is 0 Å². The van der Waals surface area contributed by atoms with E-state index in [-0.39, 0.29) is 0 Å². The first-order chi connectivity index (χ1) is 7.24. The third-order valence-electron chi connectivity index (χ3n) is 2.72. The summed E-state index contributed by atoms with van der Waals surface area (Å²) in [6.07, 6.45) is 2.81. The van der Waals surface area contributed by atoms with E-state index >= 15 is 0 Å². The Labute approximate surface area is 92.3 Å². The molecule has 0 heterocycles. The van der Waals surface area contributed by atoms with E-state index in [1.807, 2.05) is 0 Å². The first-order valence-corrected chi connectivity index (χ1v) is 5.71. The molecule has 0 aliphatic heterocycles. The van der Waals surface area contributed by atoms with Crippen LogP contribution in [0.25, 0.3) is 0 Å². The van der Waals surface area contributed by atoms with Gasteiger partial charge in [0.2, 0.25) is 0 Å². The number of anilines is 1. The van der Waals surface area contributed by atoms with Crippen molar-refractivity contribution >= 4 is 5.69 Å². The van der Waals surface area contributed by atoms with Gasteiger partial charge in [-0.05, 0) is 50.6 Å². The fourth-order valence-corrected chi connectivity index (χ4v) is 1.73. The third-order valence-corrected chi connectivity index (χ3v) is 2.72. The summed E-state index contributed by atoms with van der Waals surface area (Å²) in [5.41, 5.74) is 2.64. The molecule has 1 saturated carbocycles. The minimum Gasteiger partial charge on any atom is -0.385 e. The molecule has 2 heteroatoms. The first kappa shape index (κ1) is 10.5. The summed E-state index contributed by atoms with van der Waals surface area (Å²) in [5.74, 6) is 0.933. The lowest BCUT2D eigenvalue weighted by Gasteiger charge is -2.11. The number of rotatable bonds is 5. The molecule has 1 aliphatic rings. The smallest absolute Gasteiger partial charge is 0.0343 e. The summed E-state index contributed by atoms with van der Waals surface area (Å²) in [6, 6.07) is 8.72. The van der Waals surface area contributed by atoms with Crippen LogP contribution in [0.15, 0.2) is 24.3 Å². The lowest BCUT2D eigenvalue weighted by molar-refractivity contribution is 0.402. The molecule has 1 aromatic carbocycles. The predicted octanol–water partition coefficient (Wildman–Crippen LogP) is 2.57. The molecule has 82 valence electrons. The minimum absolute atomic E-state index is 0.933. The molecule has 0 saturated heterocycles. The monoisotopic (exact) mass is 204 g/mol. The van der Waals surface area contributed by atoms with Gasteiger partial charge in [0.05, 0.1) is 0 Å². The molecule has 2 rings (SSSR count). The van der Waals surface area contributed by atoms with Crippen LogP contribution in [0, 0.1) is 5.92 Å². The summed E-state index contributed by atoms with van der Waals surface area (Å²) in [5, 5.41) is 3.50. The van der Waals surface area contributed by atoms with Crippen LogP contribution in [0.2, 0.25) is 0 Å². The van der Waals surface area contributed by atoms with Crippen LogP contribution in [0.5, 0.6) is 0 Å². The van der Waals surface area contributed by atoms with Gasteiger partial charge >= 0.3 is 0 Å². The Morgan fingerprint density at radius 3 is 2.80 bits per heavy atom. The van der Waals surface area contributed by atoms with Crippen LogP contribution in [0.3, 0.4) is 0 Å². The number of nitrogens with zero attached hydrogens (tertiary/aromatic N) is 1. The molecule has 1 fully saturated rings. The van der Waals surface area contributed by atoms with Crippen LogP contribution in [-0.4, -0.2) is 25.5 Å². The van der Waals surface area contributed by atoms with Gasteiger partial charge in [-0.3, -0.25) is 0 Å². The number of hydrogen-bond acceptors (Lipinski definition) is 2. The zero-order valence-corrected chi connectivity index (χ0v) is 9.66. The van der Waals surface area contributed by atoms with Crippen LogP contribution >= 0.6 is 0 Å². The maximum atomic E-state index is 3.50. The van der Waals surface area contributed by atoms with E-state index in [4.69, 9.17) is 0 Å². The molecule has 0 amide bonds. The van der Waals surface area contributed by atoms with Crippen molar-refractivity contribution in [2.24, 2.45) is 5.92 Å². The first-order valence-electron chi connectivity index (χ1n) is 5.71. The summed E-state index contributed by atoms with van der Waals surface area (Å²) >= 11 is 0. The summed E-state index contributed by atoms with van der Waals surface area (Å²) in [4.78, 5) is 2.19. The van der Waals surface area contributed by atoms with Gasteiger partial charge in [0.25, 0.3) is 0 Å². The molecule has 0 aromatic heterocycles. The van der Waals surface area contributed by atoms with E-state index in [2.05, 4.69) is 48.6 Å². The summed E-state index contributed by atoms with van der Waals surface area (Å²) in [6.45, 7) is 2.16. The Morgan fingerprint density at radius 2 is 2.13 bits per heavy atom. The molecule has 1 aromatic rings. The highest BCUT2D eigenvalue weighted by Crippen LogP contribution is 2.28. The van der Waals surface area contributed by atoms with Crippen molar-refractivity contribution in [1.29, 1.82) is 0 Å². The molecular formula is C13H20N2. The molecule has 2 nitrogen and oxygen atoms in total. The van der Waals surface area contributed by atoms with E-state index in [1.54, 1.807) is 0 Å². The zero-order chi connectivity index (χ0) is 10.7. The maximum absolute atomic E-state index is 3.50. The Bertz CT molecular complexity index is 316. The molecule has 1 N–H and O–H groups in total. The van der Waals surface area contributed by atoms with Gasteiger partial charge in [-0.1, -0.05) is 12.1 Å². The van der Waals surface area contributed by atoms with E-state index in [0.29, 0.717) is 0 Å². The van der Waals surface area contributed by atoms with E-state index < -0.39 is 0 Å². The van der Waals surface area contributed by atoms with Crippen molar-refractivity contribution in [1.82, 2.24) is 4.90 Å². The molecule has 0 atom stereocenters. The quantitative estimate of drug-likeness (QED) is 0.793. The minimum atomic E-state index is 0.933. The SMILES string of the molecule is CN(C)Cc1cccc(NCC2CC2)c1.